The van der Waals surface area contributed by atoms with E-state index in [-0.39, 0.29) is 17.6 Å². The Morgan fingerprint density at radius 1 is 1.00 bits per heavy atom. The van der Waals surface area contributed by atoms with Crippen LogP contribution in [0.2, 0.25) is 0 Å². The molecule has 0 aliphatic carbocycles. The Kier molecular flexibility index (Phi) is 4.71. The first-order valence-electron chi connectivity index (χ1n) is 9.21. The second kappa shape index (κ2) is 7.31. The van der Waals surface area contributed by atoms with Gasteiger partial charge in [0, 0.05) is 32.6 Å². The molecule has 1 saturated heterocycles. The number of hydrogen-bond donors (Lipinski definition) is 1. The predicted molar refractivity (Wildman–Crippen MR) is 99.9 cm³/mol. The number of hydrogen-bond acceptors (Lipinski definition) is 4. The maximum Gasteiger partial charge on any atom is 0.257 e. The highest BCUT2D eigenvalue weighted by Gasteiger charge is 2.26. The van der Waals surface area contributed by atoms with Crippen LogP contribution < -0.4 is 4.74 Å². The SMILES string of the molecule is O=C(Cc1ccc2c(c1)CCO2)N1CCN(C(=O)c2ccccc2O)CC1. The second-order valence-corrected chi connectivity index (χ2v) is 6.91. The first-order valence-corrected chi connectivity index (χ1v) is 9.21. The molecule has 6 heteroatoms. The van der Waals surface area contributed by atoms with Gasteiger partial charge in [0.25, 0.3) is 5.91 Å². The third-order valence-corrected chi connectivity index (χ3v) is 5.16. The summed E-state index contributed by atoms with van der Waals surface area (Å²) in [5.74, 6) is 0.784. The van der Waals surface area contributed by atoms with Crippen LogP contribution in [0.25, 0.3) is 0 Å². The number of amides is 2. The zero-order valence-electron chi connectivity index (χ0n) is 15.1. The molecule has 2 aliphatic heterocycles. The van der Waals surface area contributed by atoms with Crippen LogP contribution in [-0.2, 0) is 17.6 Å². The van der Waals surface area contributed by atoms with Crippen molar-refractivity contribution in [2.24, 2.45) is 0 Å². The van der Waals surface area contributed by atoms with E-state index in [1.165, 1.54) is 11.6 Å². The van der Waals surface area contributed by atoms with Gasteiger partial charge in [0.2, 0.25) is 5.91 Å². The summed E-state index contributed by atoms with van der Waals surface area (Å²) in [6.07, 6.45) is 1.26. The van der Waals surface area contributed by atoms with Crippen LogP contribution >= 0.6 is 0 Å². The molecule has 2 amide bonds. The summed E-state index contributed by atoms with van der Waals surface area (Å²) in [6, 6.07) is 12.5. The Morgan fingerprint density at radius 2 is 1.74 bits per heavy atom. The van der Waals surface area contributed by atoms with Crippen LogP contribution in [0, 0.1) is 0 Å². The average molecular weight is 366 g/mol. The van der Waals surface area contributed by atoms with Crippen LogP contribution in [0.15, 0.2) is 42.5 Å². The lowest BCUT2D eigenvalue weighted by Gasteiger charge is -2.35. The molecule has 0 spiro atoms. The number of para-hydroxylation sites is 1. The van der Waals surface area contributed by atoms with Crippen molar-refractivity contribution < 1.29 is 19.4 Å². The maximum absolute atomic E-state index is 12.6. The number of piperazine rings is 1. The third kappa shape index (κ3) is 3.60. The largest absolute Gasteiger partial charge is 0.507 e. The molecule has 6 nitrogen and oxygen atoms in total. The molecule has 0 saturated carbocycles. The van der Waals surface area contributed by atoms with Crippen molar-refractivity contribution in [3.8, 4) is 11.5 Å². The van der Waals surface area contributed by atoms with Gasteiger partial charge in [-0.3, -0.25) is 9.59 Å². The average Bonchev–Trinajstić information content (AvgIpc) is 3.16. The van der Waals surface area contributed by atoms with E-state index in [1.54, 1.807) is 28.0 Å². The number of phenolic OH excluding ortho intramolecular Hbond substituents is 1. The molecule has 0 radical (unpaired) electrons. The minimum absolute atomic E-state index is 0.0124. The van der Waals surface area contributed by atoms with Gasteiger partial charge in [-0.1, -0.05) is 24.3 Å². The van der Waals surface area contributed by atoms with Crippen LogP contribution in [-0.4, -0.2) is 59.5 Å². The minimum Gasteiger partial charge on any atom is -0.507 e. The summed E-state index contributed by atoms with van der Waals surface area (Å²) >= 11 is 0. The van der Waals surface area contributed by atoms with Gasteiger partial charge in [0.05, 0.1) is 18.6 Å². The van der Waals surface area contributed by atoms with E-state index < -0.39 is 0 Å². The monoisotopic (exact) mass is 366 g/mol. The molecule has 0 aromatic heterocycles. The lowest BCUT2D eigenvalue weighted by molar-refractivity contribution is -0.131. The van der Waals surface area contributed by atoms with Gasteiger partial charge in [0.15, 0.2) is 0 Å². The summed E-state index contributed by atoms with van der Waals surface area (Å²) in [4.78, 5) is 28.7. The van der Waals surface area contributed by atoms with Crippen molar-refractivity contribution in [1.82, 2.24) is 9.80 Å². The van der Waals surface area contributed by atoms with E-state index in [1.807, 2.05) is 12.1 Å². The molecule has 0 bridgehead atoms. The number of fused-ring (bicyclic) bond motifs is 1. The highest BCUT2D eigenvalue weighted by molar-refractivity contribution is 5.97. The molecule has 1 N–H and O–H groups in total. The van der Waals surface area contributed by atoms with E-state index in [0.717, 1.165) is 17.7 Å². The highest BCUT2D eigenvalue weighted by Crippen LogP contribution is 2.26. The molecule has 2 aliphatic rings. The van der Waals surface area contributed by atoms with Gasteiger partial charge in [0.1, 0.15) is 11.5 Å². The van der Waals surface area contributed by atoms with Crippen molar-refractivity contribution in [2.45, 2.75) is 12.8 Å². The quantitative estimate of drug-likeness (QED) is 0.900. The Labute approximate surface area is 158 Å². The Morgan fingerprint density at radius 3 is 2.52 bits per heavy atom. The maximum atomic E-state index is 12.6. The standard InChI is InChI=1S/C21H22N2O4/c24-18-4-2-1-3-17(18)21(26)23-10-8-22(9-11-23)20(25)14-15-5-6-19-16(13-15)7-12-27-19/h1-6,13,24H,7-12,14H2. The van der Waals surface area contributed by atoms with Crippen molar-refractivity contribution in [2.75, 3.05) is 32.8 Å². The van der Waals surface area contributed by atoms with Gasteiger partial charge in [-0.25, -0.2) is 0 Å². The molecule has 2 heterocycles. The summed E-state index contributed by atoms with van der Waals surface area (Å²) in [5, 5.41) is 9.86. The topological polar surface area (TPSA) is 70.1 Å². The Bertz CT molecular complexity index is 872. The van der Waals surface area contributed by atoms with Crippen molar-refractivity contribution in [1.29, 1.82) is 0 Å². The molecular formula is C21H22N2O4. The Hall–Kier alpha value is -3.02. The van der Waals surface area contributed by atoms with Crippen LogP contribution in [0.4, 0.5) is 0 Å². The fraction of sp³-hybridized carbons (Fsp3) is 0.333. The van der Waals surface area contributed by atoms with Crippen LogP contribution in [0.5, 0.6) is 11.5 Å². The molecule has 2 aromatic rings. The number of carbonyl (C=O) groups is 2. The summed E-state index contributed by atoms with van der Waals surface area (Å²) in [5.41, 5.74) is 2.47. The number of carbonyl (C=O) groups excluding carboxylic acids is 2. The normalized spacial score (nSPS) is 16.0. The molecule has 2 aromatic carbocycles. The van der Waals surface area contributed by atoms with E-state index >= 15 is 0 Å². The molecule has 0 unspecified atom stereocenters. The summed E-state index contributed by atoms with van der Waals surface area (Å²) in [6.45, 7) is 2.66. The predicted octanol–water partition coefficient (Wildman–Crippen LogP) is 1.85. The molecule has 4 rings (SSSR count). The number of nitrogens with zero attached hydrogens (tertiary/aromatic N) is 2. The number of aromatic hydroxyl groups is 1. The first kappa shape index (κ1) is 17.4. The second-order valence-electron chi connectivity index (χ2n) is 6.91. The van der Waals surface area contributed by atoms with Crippen molar-refractivity contribution in [3.63, 3.8) is 0 Å². The summed E-state index contributed by atoms with van der Waals surface area (Å²) < 4.78 is 5.50. The molecule has 0 atom stereocenters. The Balaban J connectivity index is 1.34. The fourth-order valence-electron chi connectivity index (χ4n) is 3.62. The fourth-order valence-corrected chi connectivity index (χ4v) is 3.62. The molecule has 1 fully saturated rings. The smallest absolute Gasteiger partial charge is 0.257 e. The van der Waals surface area contributed by atoms with Gasteiger partial charge >= 0.3 is 0 Å². The molecule has 27 heavy (non-hydrogen) atoms. The van der Waals surface area contributed by atoms with Crippen molar-refractivity contribution in [3.05, 3.63) is 59.2 Å². The minimum atomic E-state index is -0.196. The van der Waals surface area contributed by atoms with E-state index in [2.05, 4.69) is 6.07 Å². The first-order chi connectivity index (χ1) is 13.1. The van der Waals surface area contributed by atoms with Crippen molar-refractivity contribution >= 4 is 11.8 Å². The van der Waals surface area contributed by atoms with Gasteiger partial charge in [-0.05, 0) is 29.3 Å². The van der Waals surface area contributed by atoms with Gasteiger partial charge in [-0.2, -0.15) is 0 Å². The number of ether oxygens (including phenoxy) is 1. The summed E-state index contributed by atoms with van der Waals surface area (Å²) in [7, 11) is 0. The lowest BCUT2D eigenvalue weighted by Crippen LogP contribution is -2.51. The van der Waals surface area contributed by atoms with E-state index in [4.69, 9.17) is 4.74 Å². The lowest BCUT2D eigenvalue weighted by atomic mass is 10.1. The van der Waals surface area contributed by atoms with E-state index in [9.17, 15) is 14.7 Å². The number of benzene rings is 2. The van der Waals surface area contributed by atoms with Crippen LogP contribution in [0.3, 0.4) is 0 Å². The zero-order valence-corrected chi connectivity index (χ0v) is 15.1. The zero-order chi connectivity index (χ0) is 18.8. The third-order valence-electron chi connectivity index (χ3n) is 5.16. The molecular weight excluding hydrogens is 344 g/mol. The number of phenols is 1. The van der Waals surface area contributed by atoms with Gasteiger partial charge < -0.3 is 19.6 Å². The van der Waals surface area contributed by atoms with E-state index in [0.29, 0.717) is 44.8 Å². The molecule has 140 valence electrons. The van der Waals surface area contributed by atoms with Crippen LogP contribution in [0.1, 0.15) is 21.5 Å². The van der Waals surface area contributed by atoms with Gasteiger partial charge in [-0.15, -0.1) is 0 Å². The number of rotatable bonds is 3. The highest BCUT2D eigenvalue weighted by atomic mass is 16.5.